The first kappa shape index (κ1) is 21.6. The van der Waals surface area contributed by atoms with Crippen molar-refractivity contribution in [2.24, 2.45) is 7.05 Å². The van der Waals surface area contributed by atoms with E-state index in [1.807, 2.05) is 17.8 Å². The van der Waals surface area contributed by atoms with Gasteiger partial charge >= 0.3 is 6.18 Å². The lowest BCUT2D eigenvalue weighted by molar-refractivity contribution is -0.137. The van der Waals surface area contributed by atoms with Crippen molar-refractivity contribution in [1.82, 2.24) is 19.7 Å². The minimum Gasteiger partial charge on any atom is -0.467 e. The summed E-state index contributed by atoms with van der Waals surface area (Å²) in [6.07, 6.45) is -0.998. The Bertz CT molecular complexity index is 987. The molecule has 0 saturated heterocycles. The highest BCUT2D eigenvalue weighted by Gasteiger charge is 2.32. The monoisotopic (exact) mass is 421 g/mol. The lowest BCUT2D eigenvalue weighted by Gasteiger charge is -2.17. The summed E-state index contributed by atoms with van der Waals surface area (Å²) in [4.78, 5) is 4.17. The van der Waals surface area contributed by atoms with Crippen molar-refractivity contribution in [2.75, 3.05) is 18.7 Å². The van der Waals surface area contributed by atoms with Crippen LogP contribution < -0.4 is 10.1 Å². The molecule has 30 heavy (non-hydrogen) atoms. The largest absolute Gasteiger partial charge is 0.467 e. The molecule has 0 fully saturated rings. The van der Waals surface area contributed by atoms with Crippen molar-refractivity contribution in [2.45, 2.75) is 26.6 Å². The zero-order valence-electron chi connectivity index (χ0n) is 16.8. The Balaban J connectivity index is 1.86. The fourth-order valence-corrected chi connectivity index (χ4v) is 2.84. The summed E-state index contributed by atoms with van der Waals surface area (Å²) in [6, 6.07) is 5.48. The van der Waals surface area contributed by atoms with Gasteiger partial charge in [-0.15, -0.1) is 0 Å². The van der Waals surface area contributed by atoms with E-state index in [4.69, 9.17) is 9.47 Å². The second-order valence-corrected chi connectivity index (χ2v) is 6.54. The molecule has 10 heteroatoms. The number of alkyl halides is 3. The molecule has 0 aliphatic rings. The van der Waals surface area contributed by atoms with E-state index in [0.29, 0.717) is 41.6 Å². The summed E-state index contributed by atoms with van der Waals surface area (Å²) >= 11 is 0. The molecule has 0 bridgehead atoms. The van der Waals surface area contributed by atoms with Crippen LogP contribution in [0.3, 0.4) is 0 Å². The predicted octanol–water partition coefficient (Wildman–Crippen LogP) is 4.19. The number of rotatable bonds is 8. The van der Waals surface area contributed by atoms with E-state index in [1.165, 1.54) is 0 Å². The second kappa shape index (κ2) is 9.12. The number of benzene rings is 1. The highest BCUT2D eigenvalue weighted by Crippen LogP contribution is 2.39. The van der Waals surface area contributed by atoms with Crippen molar-refractivity contribution >= 4 is 5.95 Å². The number of nitrogens with zero attached hydrogens (tertiary/aromatic N) is 4. The van der Waals surface area contributed by atoms with Gasteiger partial charge in [-0.05, 0) is 43.7 Å². The van der Waals surface area contributed by atoms with Crippen molar-refractivity contribution in [3.05, 3.63) is 53.5 Å². The van der Waals surface area contributed by atoms with Gasteiger partial charge in [0.15, 0.2) is 6.79 Å². The SMILES string of the molecule is CCOCOc1cc(C(F)(F)F)cc(C)c1-c1ccc(CNc2nccn2C)nn1. The predicted molar refractivity (Wildman–Crippen MR) is 105 cm³/mol. The van der Waals surface area contributed by atoms with Crippen molar-refractivity contribution in [3.8, 4) is 17.0 Å². The number of ether oxygens (including phenoxy) is 2. The standard InChI is InChI=1S/C20H22F3N5O2/c1-4-29-12-30-17-10-14(20(21,22)23)9-13(2)18(17)16-6-5-15(26-27-16)11-25-19-24-7-8-28(19)3/h5-10H,4,11-12H2,1-3H3,(H,24,25). The average Bonchev–Trinajstić information content (AvgIpc) is 3.11. The maximum absolute atomic E-state index is 13.2. The van der Waals surface area contributed by atoms with Crippen LogP contribution in [0.2, 0.25) is 0 Å². The van der Waals surface area contributed by atoms with Crippen LogP contribution in [-0.4, -0.2) is 33.1 Å². The van der Waals surface area contributed by atoms with Crippen LogP contribution in [0, 0.1) is 6.92 Å². The number of hydrogen-bond acceptors (Lipinski definition) is 6. The highest BCUT2D eigenvalue weighted by molar-refractivity contribution is 5.71. The number of aryl methyl sites for hydroxylation is 2. The van der Waals surface area contributed by atoms with E-state index < -0.39 is 11.7 Å². The number of nitrogens with one attached hydrogen (secondary N) is 1. The number of hydrogen-bond donors (Lipinski definition) is 1. The van der Waals surface area contributed by atoms with E-state index in [2.05, 4.69) is 20.5 Å². The molecule has 160 valence electrons. The van der Waals surface area contributed by atoms with Crippen LogP contribution in [0.15, 0.2) is 36.7 Å². The molecule has 0 atom stereocenters. The highest BCUT2D eigenvalue weighted by atomic mass is 19.4. The van der Waals surface area contributed by atoms with Crippen LogP contribution >= 0.6 is 0 Å². The fourth-order valence-electron chi connectivity index (χ4n) is 2.84. The van der Waals surface area contributed by atoms with E-state index in [1.54, 1.807) is 32.2 Å². The molecule has 0 radical (unpaired) electrons. The zero-order valence-corrected chi connectivity index (χ0v) is 16.8. The van der Waals surface area contributed by atoms with Crippen LogP contribution in [-0.2, 0) is 24.5 Å². The third kappa shape index (κ3) is 5.07. The molecule has 3 rings (SSSR count). The molecule has 0 amide bonds. The lowest BCUT2D eigenvalue weighted by atomic mass is 10.0. The Morgan fingerprint density at radius 2 is 1.97 bits per heavy atom. The molecule has 2 heterocycles. The van der Waals surface area contributed by atoms with E-state index >= 15 is 0 Å². The van der Waals surface area contributed by atoms with E-state index in [9.17, 15) is 13.2 Å². The Kier molecular flexibility index (Phi) is 6.56. The first-order valence-electron chi connectivity index (χ1n) is 9.26. The van der Waals surface area contributed by atoms with Gasteiger partial charge in [-0.3, -0.25) is 0 Å². The Morgan fingerprint density at radius 3 is 2.57 bits per heavy atom. The van der Waals surface area contributed by atoms with Gasteiger partial charge in [0.05, 0.1) is 23.5 Å². The Labute approximate surface area is 171 Å². The summed E-state index contributed by atoms with van der Waals surface area (Å²) in [7, 11) is 1.86. The second-order valence-electron chi connectivity index (χ2n) is 6.54. The molecule has 1 aromatic carbocycles. The summed E-state index contributed by atoms with van der Waals surface area (Å²) in [5, 5.41) is 11.5. The number of anilines is 1. The first-order chi connectivity index (χ1) is 14.3. The van der Waals surface area contributed by atoms with Crippen LogP contribution in [0.25, 0.3) is 11.3 Å². The molecule has 0 unspecified atom stereocenters. The van der Waals surface area contributed by atoms with Crippen LogP contribution in [0.4, 0.5) is 19.1 Å². The molecule has 0 spiro atoms. The fraction of sp³-hybridized carbons (Fsp3) is 0.350. The molecule has 2 aromatic heterocycles. The number of imidazole rings is 1. The van der Waals surface area contributed by atoms with Crippen molar-refractivity contribution in [3.63, 3.8) is 0 Å². The minimum atomic E-state index is -4.49. The lowest BCUT2D eigenvalue weighted by Crippen LogP contribution is -2.10. The van der Waals surface area contributed by atoms with Gasteiger partial charge in [0, 0.05) is 31.6 Å². The van der Waals surface area contributed by atoms with Crippen molar-refractivity contribution < 1.29 is 22.6 Å². The molecular formula is C20H22F3N5O2. The van der Waals surface area contributed by atoms with Crippen LogP contribution in [0.1, 0.15) is 23.7 Å². The third-order valence-corrected chi connectivity index (χ3v) is 4.35. The molecule has 1 N–H and O–H groups in total. The Hall–Kier alpha value is -3.14. The molecule has 0 saturated carbocycles. The average molecular weight is 421 g/mol. The maximum atomic E-state index is 13.2. The van der Waals surface area contributed by atoms with Gasteiger partial charge in [-0.25, -0.2) is 4.98 Å². The number of halogens is 3. The normalized spacial score (nSPS) is 11.5. The molecule has 0 aliphatic heterocycles. The summed E-state index contributed by atoms with van der Waals surface area (Å²) < 4.78 is 52.1. The van der Waals surface area contributed by atoms with Crippen molar-refractivity contribution in [1.29, 1.82) is 0 Å². The van der Waals surface area contributed by atoms with Gasteiger partial charge in [0.1, 0.15) is 5.75 Å². The summed E-state index contributed by atoms with van der Waals surface area (Å²) in [5.41, 5.74) is 1.10. The number of aromatic nitrogens is 4. The Morgan fingerprint density at radius 1 is 1.17 bits per heavy atom. The van der Waals surface area contributed by atoms with E-state index in [0.717, 1.165) is 12.1 Å². The van der Waals surface area contributed by atoms with Gasteiger partial charge in [0.25, 0.3) is 0 Å². The van der Waals surface area contributed by atoms with Gasteiger partial charge in [0.2, 0.25) is 5.95 Å². The molecule has 3 aromatic rings. The maximum Gasteiger partial charge on any atom is 0.416 e. The first-order valence-corrected chi connectivity index (χ1v) is 9.26. The zero-order chi connectivity index (χ0) is 21.7. The third-order valence-electron chi connectivity index (χ3n) is 4.35. The van der Waals surface area contributed by atoms with Gasteiger partial charge in [-0.2, -0.15) is 23.4 Å². The van der Waals surface area contributed by atoms with E-state index in [-0.39, 0.29) is 12.5 Å². The topological polar surface area (TPSA) is 74.1 Å². The summed E-state index contributed by atoms with van der Waals surface area (Å²) in [6.45, 7) is 3.97. The summed E-state index contributed by atoms with van der Waals surface area (Å²) in [5.74, 6) is 0.732. The quantitative estimate of drug-likeness (QED) is 0.434. The molecular weight excluding hydrogens is 399 g/mol. The van der Waals surface area contributed by atoms with Crippen LogP contribution in [0.5, 0.6) is 5.75 Å². The minimum absolute atomic E-state index is 0.0453. The molecule has 0 aliphatic carbocycles. The molecule has 7 nitrogen and oxygen atoms in total. The van der Waals surface area contributed by atoms with Gasteiger partial charge < -0.3 is 19.4 Å². The smallest absolute Gasteiger partial charge is 0.416 e. The van der Waals surface area contributed by atoms with Gasteiger partial charge in [-0.1, -0.05) is 0 Å².